The lowest BCUT2D eigenvalue weighted by Gasteiger charge is -2.29. The van der Waals surface area contributed by atoms with Crippen LogP contribution in [0, 0.1) is 5.92 Å². The molecule has 0 radical (unpaired) electrons. The highest BCUT2D eigenvalue weighted by Crippen LogP contribution is 2.17. The number of pyridine rings is 1. The Morgan fingerprint density at radius 2 is 2.19 bits per heavy atom. The lowest BCUT2D eigenvalue weighted by molar-refractivity contribution is 0.226. The summed E-state index contributed by atoms with van der Waals surface area (Å²) in [5.41, 5.74) is 1.11. The molecule has 0 bridgehead atoms. The fourth-order valence-electron chi connectivity index (χ4n) is 2.01. The normalized spacial score (nSPS) is 18.6. The summed E-state index contributed by atoms with van der Waals surface area (Å²) in [7, 11) is 2.20. The van der Waals surface area contributed by atoms with E-state index in [1.54, 1.807) is 0 Å². The number of anilines is 1. The van der Waals surface area contributed by atoms with Gasteiger partial charge < -0.3 is 10.2 Å². The molecule has 4 heteroatoms. The third-order valence-electron chi connectivity index (χ3n) is 3.16. The van der Waals surface area contributed by atoms with Gasteiger partial charge in [0.25, 0.3) is 0 Å². The number of aromatic nitrogens is 1. The molecule has 1 N–H and O–H groups in total. The first-order chi connectivity index (χ1) is 7.74. The molecule has 2 heterocycles. The van der Waals surface area contributed by atoms with Gasteiger partial charge >= 0.3 is 0 Å². The molecule has 1 aromatic heterocycles. The number of nitrogens with zero attached hydrogens (tertiary/aromatic N) is 2. The van der Waals surface area contributed by atoms with Gasteiger partial charge in [-0.15, -0.1) is 0 Å². The zero-order chi connectivity index (χ0) is 11.4. The average molecular weight is 284 g/mol. The van der Waals surface area contributed by atoms with E-state index in [4.69, 9.17) is 0 Å². The lowest BCUT2D eigenvalue weighted by atomic mass is 9.97. The highest BCUT2D eigenvalue weighted by molar-refractivity contribution is 9.10. The molecule has 1 fully saturated rings. The van der Waals surface area contributed by atoms with Gasteiger partial charge in [0.05, 0.1) is 11.9 Å². The maximum absolute atomic E-state index is 4.20. The first-order valence-electron chi connectivity index (χ1n) is 5.78. The zero-order valence-electron chi connectivity index (χ0n) is 9.62. The van der Waals surface area contributed by atoms with E-state index in [9.17, 15) is 0 Å². The Morgan fingerprint density at radius 3 is 2.81 bits per heavy atom. The number of likely N-dealkylation sites (tertiary alicyclic amines) is 1. The highest BCUT2D eigenvalue weighted by Gasteiger charge is 2.15. The van der Waals surface area contributed by atoms with Crippen LogP contribution in [-0.2, 0) is 0 Å². The van der Waals surface area contributed by atoms with Gasteiger partial charge in [-0.05, 0) is 67.0 Å². The molecule has 1 aromatic rings. The van der Waals surface area contributed by atoms with Gasteiger partial charge in [0.15, 0.2) is 0 Å². The van der Waals surface area contributed by atoms with Crippen molar-refractivity contribution in [2.75, 3.05) is 32.0 Å². The molecule has 0 unspecified atom stereocenters. The molecule has 1 saturated heterocycles. The van der Waals surface area contributed by atoms with E-state index < -0.39 is 0 Å². The largest absolute Gasteiger partial charge is 0.384 e. The molecule has 16 heavy (non-hydrogen) atoms. The van der Waals surface area contributed by atoms with E-state index in [0.717, 1.165) is 22.8 Å². The molecule has 1 aliphatic heterocycles. The minimum atomic E-state index is 0.805. The Balaban J connectivity index is 1.77. The van der Waals surface area contributed by atoms with Crippen molar-refractivity contribution in [2.45, 2.75) is 12.8 Å². The number of hydrogen-bond acceptors (Lipinski definition) is 3. The summed E-state index contributed by atoms with van der Waals surface area (Å²) in [5, 5.41) is 3.45. The maximum Gasteiger partial charge on any atom is 0.106 e. The van der Waals surface area contributed by atoms with Gasteiger partial charge in [0.1, 0.15) is 4.60 Å². The van der Waals surface area contributed by atoms with Crippen molar-refractivity contribution in [1.29, 1.82) is 0 Å². The van der Waals surface area contributed by atoms with Crippen molar-refractivity contribution in [3.8, 4) is 0 Å². The van der Waals surface area contributed by atoms with Gasteiger partial charge in [-0.1, -0.05) is 0 Å². The van der Waals surface area contributed by atoms with Crippen molar-refractivity contribution in [3.05, 3.63) is 22.9 Å². The zero-order valence-corrected chi connectivity index (χ0v) is 11.2. The average Bonchev–Trinajstić information content (AvgIpc) is 2.30. The Labute approximate surface area is 105 Å². The predicted molar refractivity (Wildman–Crippen MR) is 70.6 cm³/mol. The number of hydrogen-bond donors (Lipinski definition) is 1. The molecule has 0 aromatic carbocycles. The van der Waals surface area contributed by atoms with Crippen LogP contribution in [0.15, 0.2) is 22.9 Å². The van der Waals surface area contributed by atoms with Crippen molar-refractivity contribution in [1.82, 2.24) is 9.88 Å². The molecule has 1 aliphatic rings. The lowest BCUT2D eigenvalue weighted by Crippen LogP contribution is -2.32. The minimum absolute atomic E-state index is 0.805. The topological polar surface area (TPSA) is 28.2 Å². The standard InChI is InChI=1S/C12H18BrN3/c1-16-6-4-10(5-7-16)8-14-11-2-3-12(13)15-9-11/h2-3,9-10,14H,4-8H2,1H3. The van der Waals surface area contributed by atoms with E-state index in [-0.39, 0.29) is 0 Å². The number of halogens is 1. The van der Waals surface area contributed by atoms with Crippen LogP contribution in [0.5, 0.6) is 0 Å². The van der Waals surface area contributed by atoms with Crippen LogP contribution in [0.2, 0.25) is 0 Å². The molecule has 2 rings (SSSR count). The molecular formula is C12H18BrN3. The summed E-state index contributed by atoms with van der Waals surface area (Å²) in [5.74, 6) is 0.805. The predicted octanol–water partition coefficient (Wildman–Crippen LogP) is 2.60. The monoisotopic (exact) mass is 283 g/mol. The van der Waals surface area contributed by atoms with Crippen molar-refractivity contribution in [3.63, 3.8) is 0 Å². The fraction of sp³-hybridized carbons (Fsp3) is 0.583. The summed E-state index contributed by atoms with van der Waals surface area (Å²) in [6.45, 7) is 3.52. The summed E-state index contributed by atoms with van der Waals surface area (Å²) in [6.07, 6.45) is 4.47. The third-order valence-corrected chi connectivity index (χ3v) is 3.63. The van der Waals surface area contributed by atoms with Gasteiger partial charge in [-0.25, -0.2) is 4.98 Å². The summed E-state index contributed by atoms with van der Waals surface area (Å²) in [4.78, 5) is 6.60. The van der Waals surface area contributed by atoms with E-state index in [1.807, 2.05) is 12.3 Å². The maximum atomic E-state index is 4.20. The van der Waals surface area contributed by atoms with Gasteiger partial charge in [0.2, 0.25) is 0 Å². The third kappa shape index (κ3) is 3.46. The van der Waals surface area contributed by atoms with E-state index in [0.29, 0.717) is 0 Å². The summed E-state index contributed by atoms with van der Waals surface area (Å²) in [6, 6.07) is 4.03. The molecule has 0 amide bonds. The minimum Gasteiger partial charge on any atom is -0.384 e. The number of piperidine rings is 1. The summed E-state index contributed by atoms with van der Waals surface area (Å²) >= 11 is 3.34. The quantitative estimate of drug-likeness (QED) is 0.865. The van der Waals surface area contributed by atoms with Crippen LogP contribution in [0.1, 0.15) is 12.8 Å². The van der Waals surface area contributed by atoms with Crippen LogP contribution in [-0.4, -0.2) is 36.6 Å². The second-order valence-electron chi connectivity index (χ2n) is 4.50. The SMILES string of the molecule is CN1CCC(CNc2ccc(Br)nc2)CC1. The van der Waals surface area contributed by atoms with E-state index in [1.165, 1.54) is 25.9 Å². The van der Waals surface area contributed by atoms with Crippen LogP contribution >= 0.6 is 15.9 Å². The van der Waals surface area contributed by atoms with Crippen LogP contribution < -0.4 is 5.32 Å². The number of nitrogens with one attached hydrogen (secondary N) is 1. The molecule has 0 spiro atoms. The molecule has 0 atom stereocenters. The van der Waals surface area contributed by atoms with Gasteiger partial charge in [0, 0.05) is 6.54 Å². The van der Waals surface area contributed by atoms with Crippen LogP contribution in [0.25, 0.3) is 0 Å². The highest BCUT2D eigenvalue weighted by atomic mass is 79.9. The van der Waals surface area contributed by atoms with Crippen molar-refractivity contribution < 1.29 is 0 Å². The molecule has 0 saturated carbocycles. The Bertz CT molecular complexity index is 318. The van der Waals surface area contributed by atoms with Gasteiger partial charge in [-0.2, -0.15) is 0 Å². The Kier molecular flexibility index (Phi) is 4.18. The van der Waals surface area contributed by atoms with Crippen molar-refractivity contribution >= 4 is 21.6 Å². The molecule has 3 nitrogen and oxygen atoms in total. The second kappa shape index (κ2) is 5.64. The number of rotatable bonds is 3. The van der Waals surface area contributed by atoms with Crippen molar-refractivity contribution in [2.24, 2.45) is 5.92 Å². The van der Waals surface area contributed by atoms with E-state index >= 15 is 0 Å². The first kappa shape index (κ1) is 11.9. The first-order valence-corrected chi connectivity index (χ1v) is 6.57. The molecule has 0 aliphatic carbocycles. The molecular weight excluding hydrogens is 266 g/mol. The van der Waals surface area contributed by atoms with Crippen LogP contribution in [0.4, 0.5) is 5.69 Å². The summed E-state index contributed by atoms with van der Waals surface area (Å²) < 4.78 is 0.886. The Morgan fingerprint density at radius 1 is 1.44 bits per heavy atom. The van der Waals surface area contributed by atoms with Gasteiger partial charge in [-0.3, -0.25) is 0 Å². The Hall–Kier alpha value is -0.610. The van der Waals surface area contributed by atoms with Crippen LogP contribution in [0.3, 0.4) is 0 Å². The fourth-order valence-corrected chi connectivity index (χ4v) is 2.24. The van der Waals surface area contributed by atoms with E-state index in [2.05, 4.69) is 44.2 Å². The molecule has 88 valence electrons. The smallest absolute Gasteiger partial charge is 0.106 e. The second-order valence-corrected chi connectivity index (χ2v) is 5.31.